The smallest absolute Gasteiger partial charge is 0.418 e. The SMILES string of the molecule is F[B-](F)(F)F.O=[N+]([O-])c1ccc(/C(C=[N+]2CCCCC2)=C\N2CCCCC2)cc1. The van der Waals surface area contributed by atoms with Gasteiger partial charge in [-0.3, -0.25) is 10.1 Å². The molecule has 2 saturated heterocycles. The molecule has 2 aliphatic rings. The highest BCUT2D eigenvalue weighted by Gasteiger charge is 2.20. The highest BCUT2D eigenvalue weighted by atomic mass is 19.5. The van der Waals surface area contributed by atoms with Crippen LogP contribution in [0, 0.1) is 10.1 Å². The molecule has 1 aromatic carbocycles. The van der Waals surface area contributed by atoms with Gasteiger partial charge in [0.15, 0.2) is 6.21 Å². The first-order valence-electron chi connectivity index (χ1n) is 9.89. The zero-order valence-corrected chi connectivity index (χ0v) is 16.3. The lowest BCUT2D eigenvalue weighted by Crippen LogP contribution is -2.26. The number of nitro benzene ring substituents is 1. The van der Waals surface area contributed by atoms with Crippen molar-refractivity contribution >= 4 is 24.7 Å². The number of hydrogen-bond acceptors (Lipinski definition) is 3. The van der Waals surface area contributed by atoms with E-state index in [1.54, 1.807) is 12.1 Å². The van der Waals surface area contributed by atoms with Gasteiger partial charge >= 0.3 is 7.25 Å². The third kappa shape index (κ3) is 9.10. The van der Waals surface area contributed by atoms with E-state index in [4.69, 9.17) is 0 Å². The van der Waals surface area contributed by atoms with Gasteiger partial charge in [-0.15, -0.1) is 0 Å². The summed E-state index contributed by atoms with van der Waals surface area (Å²) >= 11 is 0. The summed E-state index contributed by atoms with van der Waals surface area (Å²) in [7, 11) is -6.00. The molecule has 0 bridgehead atoms. The number of piperidine rings is 2. The largest absolute Gasteiger partial charge is 0.673 e. The molecular weight excluding hydrogens is 389 g/mol. The predicted molar refractivity (Wildman–Crippen MR) is 107 cm³/mol. The summed E-state index contributed by atoms with van der Waals surface area (Å²) in [6.45, 7) is 4.41. The second kappa shape index (κ2) is 11.0. The van der Waals surface area contributed by atoms with E-state index in [1.165, 1.54) is 38.5 Å². The Morgan fingerprint density at radius 3 is 2.00 bits per heavy atom. The van der Waals surface area contributed by atoms with E-state index in [1.807, 2.05) is 12.1 Å². The van der Waals surface area contributed by atoms with Crippen LogP contribution in [0.2, 0.25) is 0 Å². The van der Waals surface area contributed by atoms with E-state index in [0.29, 0.717) is 0 Å². The molecule has 0 atom stereocenters. The molecule has 2 aliphatic heterocycles. The number of non-ortho nitro benzene ring substituents is 1. The molecule has 2 fully saturated rings. The first-order chi connectivity index (χ1) is 13.7. The fraction of sp³-hybridized carbons (Fsp3) is 0.526. The van der Waals surface area contributed by atoms with Crippen molar-refractivity contribution < 1.29 is 26.8 Å². The molecule has 0 unspecified atom stereocenters. The van der Waals surface area contributed by atoms with Crippen molar-refractivity contribution in [2.75, 3.05) is 26.2 Å². The van der Waals surface area contributed by atoms with E-state index in [2.05, 4.69) is 21.9 Å². The molecule has 0 saturated carbocycles. The molecule has 0 radical (unpaired) electrons. The van der Waals surface area contributed by atoms with Crippen molar-refractivity contribution in [2.24, 2.45) is 0 Å². The quantitative estimate of drug-likeness (QED) is 0.229. The van der Waals surface area contributed by atoms with Crippen LogP contribution >= 0.6 is 0 Å². The third-order valence-corrected chi connectivity index (χ3v) is 4.84. The van der Waals surface area contributed by atoms with E-state index in [9.17, 15) is 27.4 Å². The van der Waals surface area contributed by atoms with Crippen molar-refractivity contribution in [1.29, 1.82) is 0 Å². The van der Waals surface area contributed by atoms with Crippen LogP contribution in [-0.4, -0.2) is 54.0 Å². The summed E-state index contributed by atoms with van der Waals surface area (Å²) in [5.41, 5.74) is 2.36. The Bertz CT molecular complexity index is 716. The third-order valence-electron chi connectivity index (χ3n) is 4.84. The molecule has 0 aliphatic carbocycles. The van der Waals surface area contributed by atoms with Crippen LogP contribution in [0.3, 0.4) is 0 Å². The molecule has 0 N–H and O–H groups in total. The van der Waals surface area contributed by atoms with Gasteiger partial charge in [-0.1, -0.05) is 0 Å². The van der Waals surface area contributed by atoms with Crippen molar-refractivity contribution in [2.45, 2.75) is 38.5 Å². The van der Waals surface area contributed by atoms with Gasteiger partial charge in [0.05, 0.1) is 10.5 Å². The fourth-order valence-corrected chi connectivity index (χ4v) is 3.45. The predicted octanol–water partition coefficient (Wildman–Crippen LogP) is 4.99. The number of hydrogen-bond donors (Lipinski definition) is 0. The van der Waals surface area contributed by atoms with Crippen molar-refractivity contribution in [3.8, 4) is 0 Å². The average molecular weight is 415 g/mol. The maximum atomic E-state index is 10.9. The summed E-state index contributed by atoms with van der Waals surface area (Å²) in [6.07, 6.45) is 12.1. The van der Waals surface area contributed by atoms with Gasteiger partial charge < -0.3 is 22.2 Å². The fourth-order valence-electron chi connectivity index (χ4n) is 3.45. The van der Waals surface area contributed by atoms with Gasteiger partial charge in [0.2, 0.25) is 0 Å². The zero-order chi connectivity index (χ0) is 21.3. The summed E-state index contributed by atoms with van der Waals surface area (Å²) in [6, 6.07) is 6.94. The van der Waals surface area contributed by atoms with Crippen LogP contribution in [0.15, 0.2) is 30.5 Å². The van der Waals surface area contributed by atoms with E-state index >= 15 is 0 Å². The van der Waals surface area contributed by atoms with Crippen LogP contribution in [0.5, 0.6) is 0 Å². The standard InChI is InChI=1S/C19H26N3O2.BF4/c23-22(24)19-9-7-17(8-10-19)18(15-20-11-3-1-4-12-20)16-21-13-5-2-6-14-21;2-1(3,4)5/h7-10,15-16H,1-6,11-14H2;/q+1;-1. The van der Waals surface area contributed by atoms with Crippen LogP contribution < -0.4 is 0 Å². The number of halogens is 4. The number of nitro groups is 1. The van der Waals surface area contributed by atoms with Gasteiger partial charge in [0, 0.05) is 44.3 Å². The molecule has 160 valence electrons. The first kappa shape index (κ1) is 22.9. The first-order valence-corrected chi connectivity index (χ1v) is 9.89. The summed E-state index contributed by atoms with van der Waals surface area (Å²) in [4.78, 5) is 12.9. The van der Waals surface area contributed by atoms with Gasteiger partial charge in [-0.2, -0.15) is 0 Å². The van der Waals surface area contributed by atoms with E-state index in [0.717, 1.165) is 37.3 Å². The van der Waals surface area contributed by atoms with Crippen molar-refractivity contribution in [1.82, 2.24) is 4.90 Å². The second-order valence-electron chi connectivity index (χ2n) is 7.21. The molecular formula is C19H26BF4N3O2. The lowest BCUT2D eigenvalue weighted by Gasteiger charge is -2.25. The lowest BCUT2D eigenvalue weighted by atomic mass is 10.1. The van der Waals surface area contributed by atoms with Crippen LogP contribution in [0.1, 0.15) is 44.1 Å². The van der Waals surface area contributed by atoms with Crippen LogP contribution in [-0.2, 0) is 0 Å². The number of nitrogens with zero attached hydrogens (tertiary/aromatic N) is 3. The van der Waals surface area contributed by atoms with E-state index in [-0.39, 0.29) is 10.6 Å². The summed E-state index contributed by atoms with van der Waals surface area (Å²) < 4.78 is 41.4. The molecule has 1 aromatic rings. The molecule has 5 nitrogen and oxygen atoms in total. The Balaban J connectivity index is 0.000000537. The maximum absolute atomic E-state index is 10.9. The highest BCUT2D eigenvalue weighted by molar-refractivity contribution is 6.50. The lowest BCUT2D eigenvalue weighted by molar-refractivity contribution is -0.531. The molecule has 0 amide bonds. The average Bonchev–Trinajstić information content (AvgIpc) is 2.68. The van der Waals surface area contributed by atoms with Crippen LogP contribution in [0.4, 0.5) is 23.0 Å². The summed E-state index contributed by atoms with van der Waals surface area (Å²) in [5.74, 6) is 0. The van der Waals surface area contributed by atoms with Gasteiger partial charge in [0.1, 0.15) is 13.1 Å². The number of likely N-dealkylation sites (tertiary alicyclic amines) is 1. The summed E-state index contributed by atoms with van der Waals surface area (Å²) in [5, 5.41) is 10.9. The topological polar surface area (TPSA) is 49.4 Å². The minimum absolute atomic E-state index is 0.147. The second-order valence-corrected chi connectivity index (χ2v) is 7.21. The number of allylic oxidation sites excluding steroid dienone is 1. The minimum Gasteiger partial charge on any atom is -0.418 e. The van der Waals surface area contributed by atoms with Crippen molar-refractivity contribution in [3.05, 3.63) is 46.1 Å². The van der Waals surface area contributed by atoms with Crippen LogP contribution in [0.25, 0.3) is 5.57 Å². The Labute approximate surface area is 168 Å². The van der Waals surface area contributed by atoms with Gasteiger partial charge in [-0.05, 0) is 43.4 Å². The minimum atomic E-state index is -6.00. The maximum Gasteiger partial charge on any atom is 0.673 e. The Hall–Kier alpha value is -2.39. The molecule has 0 aromatic heterocycles. The van der Waals surface area contributed by atoms with E-state index < -0.39 is 7.25 Å². The number of benzene rings is 1. The van der Waals surface area contributed by atoms with Gasteiger partial charge in [0.25, 0.3) is 5.69 Å². The Morgan fingerprint density at radius 1 is 0.966 bits per heavy atom. The highest BCUT2D eigenvalue weighted by Crippen LogP contribution is 2.20. The molecule has 3 rings (SSSR count). The Kier molecular flexibility index (Phi) is 8.66. The molecule has 29 heavy (non-hydrogen) atoms. The van der Waals surface area contributed by atoms with Gasteiger partial charge in [-0.25, -0.2) is 4.58 Å². The molecule has 2 heterocycles. The normalized spacial score (nSPS) is 18.0. The molecule has 0 spiro atoms. The Morgan fingerprint density at radius 2 is 1.48 bits per heavy atom. The monoisotopic (exact) mass is 415 g/mol. The number of rotatable bonds is 4. The van der Waals surface area contributed by atoms with Crippen molar-refractivity contribution in [3.63, 3.8) is 0 Å². The molecule has 10 heteroatoms. The zero-order valence-electron chi connectivity index (χ0n) is 16.3.